The number of nitrogens with one attached hydrogen (secondary N) is 1. The van der Waals surface area contributed by atoms with Crippen LogP contribution >= 0.6 is 23.2 Å². The summed E-state index contributed by atoms with van der Waals surface area (Å²) in [5.41, 5.74) is -0.415. The number of halogens is 2. The molecule has 1 N–H and O–H groups in total. The van der Waals surface area contributed by atoms with Gasteiger partial charge < -0.3 is 5.32 Å². The Bertz CT molecular complexity index is 283. The first-order valence-electron chi connectivity index (χ1n) is 6.58. The Balaban J connectivity index is 1.96. The molecule has 2 rings (SSSR count). The fourth-order valence-electron chi connectivity index (χ4n) is 3.30. The SMILES string of the molecule is CCC(CCl)(CCl)NC(=O)C1CC2CCC1C2. The van der Waals surface area contributed by atoms with Crippen molar-refractivity contribution in [1.82, 2.24) is 5.32 Å². The molecule has 2 nitrogen and oxygen atoms in total. The maximum absolute atomic E-state index is 12.3. The van der Waals surface area contributed by atoms with Gasteiger partial charge in [-0.2, -0.15) is 0 Å². The van der Waals surface area contributed by atoms with Gasteiger partial charge in [0.2, 0.25) is 5.91 Å². The summed E-state index contributed by atoms with van der Waals surface area (Å²) in [6, 6.07) is 0. The number of fused-ring (bicyclic) bond motifs is 2. The summed E-state index contributed by atoms with van der Waals surface area (Å²) in [7, 11) is 0. The predicted octanol–water partition coefficient (Wildman–Crippen LogP) is 3.17. The summed E-state index contributed by atoms with van der Waals surface area (Å²) < 4.78 is 0. The van der Waals surface area contributed by atoms with E-state index < -0.39 is 5.54 Å². The lowest BCUT2D eigenvalue weighted by Crippen LogP contribution is -2.53. The van der Waals surface area contributed by atoms with Crippen molar-refractivity contribution in [1.29, 1.82) is 0 Å². The molecule has 0 aromatic rings. The van der Waals surface area contributed by atoms with Crippen LogP contribution in [0.4, 0.5) is 0 Å². The van der Waals surface area contributed by atoms with E-state index in [0.29, 0.717) is 17.7 Å². The second kappa shape index (κ2) is 5.36. The van der Waals surface area contributed by atoms with Crippen molar-refractivity contribution >= 4 is 29.1 Å². The molecule has 1 amide bonds. The first kappa shape index (κ1) is 13.5. The van der Waals surface area contributed by atoms with Crippen molar-refractivity contribution in [2.45, 2.75) is 44.6 Å². The Morgan fingerprint density at radius 1 is 1.29 bits per heavy atom. The Hall–Kier alpha value is 0.0500. The Morgan fingerprint density at radius 3 is 2.41 bits per heavy atom. The van der Waals surface area contributed by atoms with E-state index in [-0.39, 0.29) is 11.8 Å². The van der Waals surface area contributed by atoms with Crippen LogP contribution in [0.2, 0.25) is 0 Å². The summed E-state index contributed by atoms with van der Waals surface area (Å²) in [4.78, 5) is 12.3. The molecule has 17 heavy (non-hydrogen) atoms. The van der Waals surface area contributed by atoms with Gasteiger partial charge in [0.05, 0.1) is 5.54 Å². The normalized spacial score (nSPS) is 31.8. The zero-order chi connectivity index (χ0) is 12.5. The van der Waals surface area contributed by atoms with Crippen LogP contribution in [0.25, 0.3) is 0 Å². The van der Waals surface area contributed by atoms with Gasteiger partial charge in [0.1, 0.15) is 0 Å². The fourth-order valence-corrected chi connectivity index (χ4v) is 4.10. The molecule has 0 aliphatic heterocycles. The van der Waals surface area contributed by atoms with Gasteiger partial charge in [0.15, 0.2) is 0 Å². The average Bonchev–Trinajstić information content (AvgIpc) is 2.98. The third-order valence-corrected chi connectivity index (χ3v) is 5.67. The van der Waals surface area contributed by atoms with Crippen LogP contribution < -0.4 is 5.32 Å². The molecule has 0 aromatic heterocycles. The highest BCUT2D eigenvalue weighted by Gasteiger charge is 2.44. The largest absolute Gasteiger partial charge is 0.348 e. The van der Waals surface area contributed by atoms with Crippen LogP contribution in [0.15, 0.2) is 0 Å². The van der Waals surface area contributed by atoms with Gasteiger partial charge in [-0.3, -0.25) is 4.79 Å². The number of alkyl halides is 2. The van der Waals surface area contributed by atoms with Crippen molar-refractivity contribution in [3.05, 3.63) is 0 Å². The molecule has 3 atom stereocenters. The second-order valence-corrected chi connectivity index (χ2v) is 6.21. The second-order valence-electron chi connectivity index (χ2n) is 5.67. The summed E-state index contributed by atoms with van der Waals surface area (Å²) in [5.74, 6) is 2.57. The molecule has 0 saturated heterocycles. The minimum absolute atomic E-state index is 0.181. The van der Waals surface area contributed by atoms with Crippen molar-refractivity contribution < 1.29 is 4.79 Å². The first-order chi connectivity index (χ1) is 8.14. The van der Waals surface area contributed by atoms with Gasteiger partial charge in [-0.05, 0) is 37.5 Å². The first-order valence-corrected chi connectivity index (χ1v) is 7.65. The standard InChI is InChI=1S/C13H21Cl2NO/c1-2-13(7-14,8-15)16-12(17)11-6-9-3-4-10(11)5-9/h9-11H,2-8H2,1H3,(H,16,17). The minimum atomic E-state index is -0.415. The zero-order valence-corrected chi connectivity index (χ0v) is 11.9. The van der Waals surface area contributed by atoms with Crippen molar-refractivity contribution in [2.75, 3.05) is 11.8 Å². The maximum atomic E-state index is 12.3. The Kier molecular flexibility index (Phi) is 4.25. The number of rotatable bonds is 5. The lowest BCUT2D eigenvalue weighted by atomic mass is 9.87. The van der Waals surface area contributed by atoms with Gasteiger partial charge in [-0.15, -0.1) is 23.2 Å². The van der Waals surface area contributed by atoms with Crippen molar-refractivity contribution in [2.24, 2.45) is 17.8 Å². The summed E-state index contributed by atoms with van der Waals surface area (Å²) >= 11 is 11.9. The molecule has 2 fully saturated rings. The van der Waals surface area contributed by atoms with Gasteiger partial charge in [0, 0.05) is 17.7 Å². The maximum Gasteiger partial charge on any atom is 0.223 e. The van der Waals surface area contributed by atoms with E-state index in [2.05, 4.69) is 5.32 Å². The highest BCUT2D eigenvalue weighted by Crippen LogP contribution is 2.48. The van der Waals surface area contributed by atoms with Gasteiger partial charge in [-0.1, -0.05) is 13.3 Å². The van der Waals surface area contributed by atoms with Crippen LogP contribution in [-0.4, -0.2) is 23.2 Å². The topological polar surface area (TPSA) is 29.1 Å². The van der Waals surface area contributed by atoms with Gasteiger partial charge >= 0.3 is 0 Å². The average molecular weight is 278 g/mol. The van der Waals surface area contributed by atoms with Crippen LogP contribution in [0.5, 0.6) is 0 Å². The molecule has 0 radical (unpaired) electrons. The molecule has 0 aromatic carbocycles. The van der Waals surface area contributed by atoms with Crippen molar-refractivity contribution in [3.8, 4) is 0 Å². The molecule has 0 spiro atoms. The number of carbonyl (C=O) groups excluding carboxylic acids is 1. The molecule has 3 unspecified atom stereocenters. The Labute approximate surface area is 113 Å². The van der Waals surface area contributed by atoms with Gasteiger partial charge in [-0.25, -0.2) is 0 Å². The molecule has 98 valence electrons. The van der Waals surface area contributed by atoms with E-state index in [4.69, 9.17) is 23.2 Å². The van der Waals surface area contributed by atoms with Crippen molar-refractivity contribution in [3.63, 3.8) is 0 Å². The molecule has 2 aliphatic carbocycles. The van der Waals surface area contributed by atoms with E-state index in [0.717, 1.165) is 18.8 Å². The minimum Gasteiger partial charge on any atom is -0.348 e. The quantitative estimate of drug-likeness (QED) is 0.769. The van der Waals surface area contributed by atoms with E-state index >= 15 is 0 Å². The third kappa shape index (κ3) is 2.58. The summed E-state index contributed by atoms with van der Waals surface area (Å²) in [6.45, 7) is 2.02. The van der Waals surface area contributed by atoms with Gasteiger partial charge in [0.25, 0.3) is 0 Å². The molecule has 2 saturated carbocycles. The predicted molar refractivity (Wildman–Crippen MR) is 71.5 cm³/mol. The number of amides is 1. The molecule has 2 bridgehead atoms. The highest BCUT2D eigenvalue weighted by molar-refractivity contribution is 6.22. The van der Waals surface area contributed by atoms with E-state index in [1.165, 1.54) is 19.3 Å². The van der Waals surface area contributed by atoms with Crippen LogP contribution in [0.1, 0.15) is 39.0 Å². The number of hydrogen-bond acceptors (Lipinski definition) is 1. The van der Waals surface area contributed by atoms with E-state index in [1.54, 1.807) is 0 Å². The lowest BCUT2D eigenvalue weighted by molar-refractivity contribution is -0.128. The summed E-state index contributed by atoms with van der Waals surface area (Å²) in [5, 5.41) is 3.10. The lowest BCUT2D eigenvalue weighted by Gasteiger charge is -2.32. The monoisotopic (exact) mass is 277 g/mol. The van der Waals surface area contributed by atoms with E-state index in [1.807, 2.05) is 6.92 Å². The fraction of sp³-hybridized carbons (Fsp3) is 0.923. The number of carbonyl (C=O) groups is 1. The molecular formula is C13H21Cl2NO. The smallest absolute Gasteiger partial charge is 0.223 e. The highest BCUT2D eigenvalue weighted by atomic mass is 35.5. The Morgan fingerprint density at radius 2 is 2.00 bits per heavy atom. The number of hydrogen-bond donors (Lipinski definition) is 1. The van der Waals surface area contributed by atoms with Crippen LogP contribution in [0, 0.1) is 17.8 Å². The third-order valence-electron chi connectivity index (χ3n) is 4.65. The zero-order valence-electron chi connectivity index (χ0n) is 10.3. The molecular weight excluding hydrogens is 257 g/mol. The van der Waals surface area contributed by atoms with Crippen LogP contribution in [-0.2, 0) is 4.79 Å². The summed E-state index contributed by atoms with van der Waals surface area (Å²) in [6.07, 6.45) is 5.65. The van der Waals surface area contributed by atoms with Crippen LogP contribution in [0.3, 0.4) is 0 Å². The van der Waals surface area contributed by atoms with E-state index in [9.17, 15) is 4.79 Å². The molecule has 0 heterocycles. The molecule has 4 heteroatoms. The molecule has 2 aliphatic rings.